The zero-order valence-electron chi connectivity index (χ0n) is 14.6. The molecular formula is C16H30F3NO3. The van der Waals surface area contributed by atoms with Crippen LogP contribution in [0.1, 0.15) is 60.3 Å². The van der Waals surface area contributed by atoms with Gasteiger partial charge in [0, 0.05) is 12.1 Å². The molecule has 0 spiro atoms. The van der Waals surface area contributed by atoms with Gasteiger partial charge >= 0.3 is 12.1 Å². The van der Waals surface area contributed by atoms with Crippen molar-refractivity contribution in [1.82, 2.24) is 5.32 Å². The molecule has 0 bridgehead atoms. The van der Waals surface area contributed by atoms with Gasteiger partial charge in [0.1, 0.15) is 0 Å². The molecule has 0 unspecified atom stereocenters. The summed E-state index contributed by atoms with van der Waals surface area (Å²) in [5.74, 6) is -2.76. The van der Waals surface area contributed by atoms with E-state index in [9.17, 15) is 18.3 Å². The average molecular weight is 341 g/mol. The number of carbonyl (C=O) groups is 1. The molecule has 0 heterocycles. The van der Waals surface area contributed by atoms with Crippen molar-refractivity contribution < 1.29 is 28.2 Å². The number of carboxylic acids is 1. The molecule has 7 heteroatoms. The largest absolute Gasteiger partial charge is 0.490 e. The summed E-state index contributed by atoms with van der Waals surface area (Å²) >= 11 is 0. The zero-order valence-corrected chi connectivity index (χ0v) is 14.6. The number of rotatable bonds is 4. The minimum atomic E-state index is -5.08. The highest BCUT2D eigenvalue weighted by molar-refractivity contribution is 5.73. The van der Waals surface area contributed by atoms with Gasteiger partial charge in [-0.1, -0.05) is 34.6 Å². The molecule has 3 N–H and O–H groups in total. The van der Waals surface area contributed by atoms with Gasteiger partial charge < -0.3 is 15.5 Å². The number of alkyl halides is 3. The van der Waals surface area contributed by atoms with Gasteiger partial charge in [-0.15, -0.1) is 0 Å². The van der Waals surface area contributed by atoms with E-state index < -0.39 is 12.1 Å². The third-order valence-electron chi connectivity index (χ3n) is 3.98. The van der Waals surface area contributed by atoms with Gasteiger partial charge in [0.25, 0.3) is 0 Å². The van der Waals surface area contributed by atoms with Crippen molar-refractivity contribution in [2.45, 2.75) is 78.6 Å². The molecule has 1 aliphatic rings. The van der Waals surface area contributed by atoms with Gasteiger partial charge in [-0.3, -0.25) is 0 Å². The van der Waals surface area contributed by atoms with Crippen molar-refractivity contribution in [2.75, 3.05) is 6.61 Å². The van der Waals surface area contributed by atoms with Crippen LogP contribution in [0.3, 0.4) is 0 Å². The van der Waals surface area contributed by atoms with Crippen LogP contribution >= 0.6 is 0 Å². The lowest BCUT2D eigenvalue weighted by Crippen LogP contribution is -2.48. The van der Waals surface area contributed by atoms with E-state index in [4.69, 9.17) is 9.90 Å². The van der Waals surface area contributed by atoms with Crippen LogP contribution in [0, 0.1) is 10.8 Å². The van der Waals surface area contributed by atoms with E-state index >= 15 is 0 Å². The highest BCUT2D eigenvalue weighted by Crippen LogP contribution is 2.45. The summed E-state index contributed by atoms with van der Waals surface area (Å²) in [5, 5.41) is 20.0. The number of hydrogen-bond acceptors (Lipinski definition) is 3. The lowest BCUT2D eigenvalue weighted by atomic mass is 9.63. The Balaban J connectivity index is 0.000000585. The standard InChI is InChI=1S/C14H29NO.C2HF3O2/c1-6-11(9-16)15-12-7-13(2,3)10-14(4,5)8-12;3-2(4,5)1(6)7/h11-12,15-16H,6-10H2,1-5H3;(H,6,7)/t11-;/m0./s1. The molecule has 1 aliphatic carbocycles. The molecule has 0 aliphatic heterocycles. The third-order valence-corrected chi connectivity index (χ3v) is 3.98. The Morgan fingerprint density at radius 2 is 1.61 bits per heavy atom. The molecule has 0 radical (unpaired) electrons. The molecule has 0 aromatic carbocycles. The molecule has 1 fully saturated rings. The molecular weight excluding hydrogens is 311 g/mol. The van der Waals surface area contributed by atoms with Gasteiger partial charge in [0.05, 0.1) is 6.61 Å². The Hall–Kier alpha value is -0.820. The van der Waals surface area contributed by atoms with Crippen LogP contribution in [-0.4, -0.2) is 41.0 Å². The highest BCUT2D eigenvalue weighted by Gasteiger charge is 2.39. The van der Waals surface area contributed by atoms with E-state index in [1.165, 1.54) is 19.3 Å². The van der Waals surface area contributed by atoms with Crippen molar-refractivity contribution in [3.05, 3.63) is 0 Å². The van der Waals surface area contributed by atoms with Crippen LogP contribution < -0.4 is 5.32 Å². The molecule has 1 saturated carbocycles. The molecule has 1 rings (SSSR count). The zero-order chi connectivity index (χ0) is 18.5. The summed E-state index contributed by atoms with van der Waals surface area (Å²) in [6, 6.07) is 0.838. The van der Waals surface area contributed by atoms with Crippen molar-refractivity contribution in [3.8, 4) is 0 Å². The number of carboxylic acid groups (broad SMARTS) is 1. The normalized spacial score (nSPS) is 22.0. The first-order valence-corrected chi connectivity index (χ1v) is 7.89. The Kier molecular flexibility index (Phi) is 8.03. The Bertz CT molecular complexity index is 361. The summed E-state index contributed by atoms with van der Waals surface area (Å²) in [5.41, 5.74) is 0.848. The van der Waals surface area contributed by atoms with Crippen LogP contribution in [0.15, 0.2) is 0 Å². The van der Waals surface area contributed by atoms with E-state index in [1.54, 1.807) is 0 Å². The number of aliphatic hydroxyl groups is 1. The first kappa shape index (κ1) is 22.2. The van der Waals surface area contributed by atoms with Crippen molar-refractivity contribution >= 4 is 5.97 Å². The quantitative estimate of drug-likeness (QED) is 0.731. The summed E-state index contributed by atoms with van der Waals surface area (Å²) in [6.07, 6.45) is -0.318. The van der Waals surface area contributed by atoms with Gasteiger partial charge in [0.15, 0.2) is 0 Å². The fourth-order valence-corrected chi connectivity index (χ4v) is 3.60. The minimum Gasteiger partial charge on any atom is -0.475 e. The second-order valence-electron chi connectivity index (χ2n) is 7.87. The van der Waals surface area contributed by atoms with Crippen LogP contribution in [-0.2, 0) is 4.79 Å². The molecule has 0 amide bonds. The summed E-state index contributed by atoms with van der Waals surface area (Å²) < 4.78 is 31.7. The van der Waals surface area contributed by atoms with Crippen molar-refractivity contribution in [2.24, 2.45) is 10.8 Å². The number of nitrogens with one attached hydrogen (secondary N) is 1. The highest BCUT2D eigenvalue weighted by atomic mass is 19.4. The third kappa shape index (κ3) is 9.15. The van der Waals surface area contributed by atoms with Crippen molar-refractivity contribution in [1.29, 1.82) is 0 Å². The van der Waals surface area contributed by atoms with E-state index in [2.05, 4.69) is 39.9 Å². The van der Waals surface area contributed by atoms with Crippen LogP contribution in [0.4, 0.5) is 13.2 Å². The summed E-state index contributed by atoms with van der Waals surface area (Å²) in [6.45, 7) is 11.8. The van der Waals surface area contributed by atoms with Gasteiger partial charge in [0.2, 0.25) is 0 Å². The average Bonchev–Trinajstić information content (AvgIpc) is 2.31. The monoisotopic (exact) mass is 341 g/mol. The first-order valence-electron chi connectivity index (χ1n) is 7.89. The molecule has 1 atom stereocenters. The molecule has 4 nitrogen and oxygen atoms in total. The lowest BCUT2D eigenvalue weighted by Gasteiger charge is -2.46. The number of halogens is 3. The lowest BCUT2D eigenvalue weighted by molar-refractivity contribution is -0.192. The number of aliphatic hydroxyl groups excluding tert-OH is 1. The number of hydrogen-bond donors (Lipinski definition) is 3. The van der Waals surface area contributed by atoms with Crippen molar-refractivity contribution in [3.63, 3.8) is 0 Å². The second kappa shape index (κ2) is 8.33. The fourth-order valence-electron chi connectivity index (χ4n) is 3.60. The Morgan fingerprint density at radius 1 is 1.22 bits per heavy atom. The molecule has 0 aromatic heterocycles. The fraction of sp³-hybridized carbons (Fsp3) is 0.938. The SMILES string of the molecule is CC[C@@H](CO)NC1CC(C)(C)CC(C)(C)C1.O=C(O)C(F)(F)F. The molecule has 0 aromatic rings. The minimum absolute atomic E-state index is 0.258. The molecule has 0 saturated heterocycles. The van der Waals surface area contributed by atoms with Crippen LogP contribution in [0.5, 0.6) is 0 Å². The van der Waals surface area contributed by atoms with E-state index in [0.29, 0.717) is 16.9 Å². The smallest absolute Gasteiger partial charge is 0.475 e. The Labute approximate surface area is 136 Å². The van der Waals surface area contributed by atoms with Gasteiger partial charge in [-0.25, -0.2) is 4.79 Å². The van der Waals surface area contributed by atoms with E-state index in [-0.39, 0.29) is 12.6 Å². The van der Waals surface area contributed by atoms with Crippen LogP contribution in [0.25, 0.3) is 0 Å². The van der Waals surface area contributed by atoms with E-state index in [0.717, 1.165) is 6.42 Å². The maximum atomic E-state index is 10.6. The van der Waals surface area contributed by atoms with E-state index in [1.807, 2.05) is 0 Å². The van der Waals surface area contributed by atoms with Crippen LogP contribution in [0.2, 0.25) is 0 Å². The second-order valence-corrected chi connectivity index (χ2v) is 7.87. The topological polar surface area (TPSA) is 69.6 Å². The molecule has 138 valence electrons. The summed E-state index contributed by atoms with van der Waals surface area (Å²) in [4.78, 5) is 8.90. The maximum absolute atomic E-state index is 10.6. The predicted molar refractivity (Wildman–Crippen MR) is 83.2 cm³/mol. The Morgan fingerprint density at radius 3 is 1.87 bits per heavy atom. The first-order chi connectivity index (χ1) is 10.2. The maximum Gasteiger partial charge on any atom is 0.490 e. The number of aliphatic carboxylic acids is 1. The molecule has 23 heavy (non-hydrogen) atoms. The van der Waals surface area contributed by atoms with Gasteiger partial charge in [-0.05, 0) is 36.5 Å². The summed E-state index contributed by atoms with van der Waals surface area (Å²) in [7, 11) is 0. The predicted octanol–water partition coefficient (Wildman–Crippen LogP) is 3.59. The van der Waals surface area contributed by atoms with Gasteiger partial charge in [-0.2, -0.15) is 13.2 Å².